The molecule has 0 saturated carbocycles. The van der Waals surface area contributed by atoms with Crippen LogP contribution in [0.5, 0.6) is 0 Å². The maximum Gasteiger partial charge on any atom is 0.159 e. The van der Waals surface area contributed by atoms with Gasteiger partial charge in [0.1, 0.15) is 5.58 Å². The molecule has 5 rings (SSSR count). The largest absolute Gasteiger partial charge is 0.454 e. The average molecular weight is 300 g/mol. The van der Waals surface area contributed by atoms with Gasteiger partial charge in [0.15, 0.2) is 5.58 Å². The zero-order chi connectivity index (χ0) is 15.4. The maximum absolute atomic E-state index is 6.25. The molecule has 3 aromatic carbocycles. The number of anilines is 1. The van der Waals surface area contributed by atoms with E-state index in [4.69, 9.17) is 4.42 Å². The van der Waals surface area contributed by atoms with Crippen molar-refractivity contribution >= 4 is 38.4 Å². The third-order valence-electron chi connectivity index (χ3n) is 4.54. The average Bonchev–Trinajstić information content (AvgIpc) is 3.18. The van der Waals surface area contributed by atoms with Gasteiger partial charge in [-0.3, -0.25) is 0 Å². The van der Waals surface area contributed by atoms with Gasteiger partial charge in [-0.2, -0.15) is 0 Å². The zero-order valence-corrected chi connectivity index (χ0v) is 12.9. The Morgan fingerprint density at radius 3 is 2.52 bits per heavy atom. The van der Waals surface area contributed by atoms with E-state index in [2.05, 4.69) is 71.7 Å². The number of nitrogens with zero attached hydrogens (tertiary/aromatic N) is 2. The van der Waals surface area contributed by atoms with Gasteiger partial charge >= 0.3 is 0 Å². The summed E-state index contributed by atoms with van der Waals surface area (Å²) >= 11 is 0. The van der Waals surface area contributed by atoms with Crippen molar-refractivity contribution in [3.63, 3.8) is 0 Å². The van der Waals surface area contributed by atoms with Gasteiger partial charge in [0.2, 0.25) is 0 Å². The minimum absolute atomic E-state index is 0.838. The van der Waals surface area contributed by atoms with E-state index in [9.17, 15) is 0 Å². The van der Waals surface area contributed by atoms with Crippen molar-refractivity contribution in [3.8, 4) is 0 Å². The molecule has 0 bridgehead atoms. The summed E-state index contributed by atoms with van der Waals surface area (Å²) in [4.78, 5) is 4.39. The SMILES string of the molecule is CN1C=CN(c2cc3ccccc3c3c2oc2ccccc23)C1. The molecule has 0 unspecified atom stereocenters. The Morgan fingerprint density at radius 2 is 1.70 bits per heavy atom. The second-order valence-electron chi connectivity index (χ2n) is 6.09. The molecule has 0 N–H and O–H groups in total. The Labute approximate surface area is 134 Å². The summed E-state index contributed by atoms with van der Waals surface area (Å²) in [7, 11) is 2.08. The molecular weight excluding hydrogens is 284 g/mol. The molecule has 23 heavy (non-hydrogen) atoms. The molecule has 1 aromatic heterocycles. The Kier molecular flexibility index (Phi) is 2.48. The molecule has 1 aliphatic rings. The summed E-state index contributed by atoms with van der Waals surface area (Å²) in [6, 6.07) is 19.0. The van der Waals surface area contributed by atoms with E-state index in [1.165, 1.54) is 21.5 Å². The van der Waals surface area contributed by atoms with Crippen LogP contribution < -0.4 is 4.90 Å². The summed E-state index contributed by atoms with van der Waals surface area (Å²) < 4.78 is 6.25. The van der Waals surface area contributed by atoms with E-state index in [1.54, 1.807) is 0 Å². The number of fused-ring (bicyclic) bond motifs is 5. The van der Waals surface area contributed by atoms with Crippen molar-refractivity contribution in [2.45, 2.75) is 0 Å². The zero-order valence-electron chi connectivity index (χ0n) is 12.9. The van der Waals surface area contributed by atoms with E-state index in [-0.39, 0.29) is 0 Å². The molecule has 0 spiro atoms. The lowest BCUT2D eigenvalue weighted by Crippen LogP contribution is -2.21. The first-order valence-electron chi connectivity index (χ1n) is 7.79. The number of hydrogen-bond donors (Lipinski definition) is 0. The number of furan rings is 1. The Morgan fingerprint density at radius 1 is 0.913 bits per heavy atom. The van der Waals surface area contributed by atoms with Crippen molar-refractivity contribution in [2.75, 3.05) is 18.6 Å². The highest BCUT2D eigenvalue weighted by molar-refractivity contribution is 6.22. The van der Waals surface area contributed by atoms with Gasteiger partial charge in [0.25, 0.3) is 0 Å². The lowest BCUT2D eigenvalue weighted by Gasteiger charge is -2.19. The van der Waals surface area contributed by atoms with E-state index in [1.807, 2.05) is 12.1 Å². The molecular formula is C20H16N2O. The topological polar surface area (TPSA) is 19.6 Å². The Hall–Kier alpha value is -2.94. The fraction of sp³-hybridized carbons (Fsp3) is 0.100. The van der Waals surface area contributed by atoms with Gasteiger partial charge in [-0.1, -0.05) is 42.5 Å². The minimum atomic E-state index is 0.838. The molecule has 112 valence electrons. The van der Waals surface area contributed by atoms with Gasteiger partial charge in [0, 0.05) is 30.2 Å². The molecule has 3 heteroatoms. The highest BCUT2D eigenvalue weighted by atomic mass is 16.3. The Balaban J connectivity index is 1.95. The fourth-order valence-electron chi connectivity index (χ4n) is 3.46. The van der Waals surface area contributed by atoms with Crippen molar-refractivity contribution in [1.29, 1.82) is 0 Å². The summed E-state index contributed by atoms with van der Waals surface area (Å²) in [5.41, 5.74) is 3.02. The highest BCUT2D eigenvalue weighted by Gasteiger charge is 2.20. The van der Waals surface area contributed by atoms with Gasteiger partial charge in [-0.05, 0) is 22.9 Å². The number of para-hydroxylation sites is 1. The predicted octanol–water partition coefficient (Wildman–Crippen LogP) is 4.92. The number of benzene rings is 3. The minimum Gasteiger partial charge on any atom is -0.454 e. The monoisotopic (exact) mass is 300 g/mol. The summed E-state index contributed by atoms with van der Waals surface area (Å²) in [6.07, 6.45) is 4.19. The van der Waals surface area contributed by atoms with Gasteiger partial charge in [-0.15, -0.1) is 0 Å². The van der Waals surface area contributed by atoms with Crippen LogP contribution in [0.2, 0.25) is 0 Å². The smallest absolute Gasteiger partial charge is 0.159 e. The molecule has 0 atom stereocenters. The van der Waals surface area contributed by atoms with Gasteiger partial charge in [0.05, 0.1) is 12.4 Å². The molecule has 1 aliphatic heterocycles. The van der Waals surface area contributed by atoms with Crippen molar-refractivity contribution < 1.29 is 4.42 Å². The van der Waals surface area contributed by atoms with Crippen LogP contribution in [0.3, 0.4) is 0 Å². The Bertz CT molecular complexity index is 1080. The van der Waals surface area contributed by atoms with Crippen molar-refractivity contribution in [3.05, 3.63) is 67.0 Å². The lowest BCUT2D eigenvalue weighted by molar-refractivity contribution is 0.495. The summed E-state index contributed by atoms with van der Waals surface area (Å²) in [6.45, 7) is 0.838. The van der Waals surface area contributed by atoms with E-state index < -0.39 is 0 Å². The lowest BCUT2D eigenvalue weighted by atomic mass is 10.0. The van der Waals surface area contributed by atoms with Gasteiger partial charge < -0.3 is 14.2 Å². The predicted molar refractivity (Wildman–Crippen MR) is 95.5 cm³/mol. The fourth-order valence-corrected chi connectivity index (χ4v) is 3.46. The molecule has 0 radical (unpaired) electrons. The first kappa shape index (κ1) is 12.6. The second kappa shape index (κ2) is 4.53. The van der Waals surface area contributed by atoms with Crippen LogP contribution in [0.15, 0.2) is 71.4 Å². The highest BCUT2D eigenvalue weighted by Crippen LogP contribution is 2.41. The van der Waals surface area contributed by atoms with Crippen molar-refractivity contribution in [2.24, 2.45) is 0 Å². The van der Waals surface area contributed by atoms with Crippen LogP contribution in [0, 0.1) is 0 Å². The molecule has 2 heterocycles. The summed E-state index contributed by atoms with van der Waals surface area (Å²) in [5, 5.41) is 4.87. The summed E-state index contributed by atoms with van der Waals surface area (Å²) in [5.74, 6) is 0. The van der Waals surface area contributed by atoms with Crippen molar-refractivity contribution in [1.82, 2.24) is 4.90 Å². The first-order chi connectivity index (χ1) is 11.3. The molecule has 0 saturated heterocycles. The first-order valence-corrected chi connectivity index (χ1v) is 7.79. The molecule has 4 aromatic rings. The standard InChI is InChI=1S/C20H16N2O/c1-21-10-11-22(13-21)17-12-14-6-2-3-7-15(14)19-16-8-4-5-9-18(16)23-20(17)19/h2-12H,13H2,1H3. The van der Waals surface area contributed by atoms with Crippen LogP contribution in [0.25, 0.3) is 32.7 Å². The second-order valence-corrected chi connectivity index (χ2v) is 6.09. The number of rotatable bonds is 1. The molecule has 0 fully saturated rings. The van der Waals surface area contributed by atoms with Crippen LogP contribution in [-0.2, 0) is 0 Å². The van der Waals surface area contributed by atoms with Crippen LogP contribution in [0.1, 0.15) is 0 Å². The van der Waals surface area contributed by atoms with Crippen LogP contribution in [0.4, 0.5) is 5.69 Å². The van der Waals surface area contributed by atoms with E-state index >= 15 is 0 Å². The number of hydrogen-bond acceptors (Lipinski definition) is 3. The van der Waals surface area contributed by atoms with Crippen LogP contribution >= 0.6 is 0 Å². The molecule has 3 nitrogen and oxygen atoms in total. The third kappa shape index (κ3) is 1.77. The molecule has 0 aliphatic carbocycles. The van der Waals surface area contributed by atoms with E-state index in [0.29, 0.717) is 0 Å². The molecule has 0 amide bonds. The maximum atomic E-state index is 6.25. The van der Waals surface area contributed by atoms with Gasteiger partial charge in [-0.25, -0.2) is 0 Å². The van der Waals surface area contributed by atoms with E-state index in [0.717, 1.165) is 23.5 Å². The normalized spacial score (nSPS) is 14.7. The third-order valence-corrected chi connectivity index (χ3v) is 4.54. The quantitative estimate of drug-likeness (QED) is 0.497. The van der Waals surface area contributed by atoms with Crippen LogP contribution in [-0.4, -0.2) is 18.6 Å².